The molecule has 112 valence electrons. The van der Waals surface area contributed by atoms with Crippen molar-refractivity contribution in [3.05, 3.63) is 25.4 Å². The number of ether oxygens (including phenoxy) is 1. The number of hydroxylamine groups is 1. The van der Waals surface area contributed by atoms with Crippen LogP contribution in [0.1, 0.15) is 26.7 Å². The molecule has 0 aromatic carbocycles. The zero-order valence-corrected chi connectivity index (χ0v) is 11.9. The number of allylic oxidation sites excluding steroid dienone is 1. The summed E-state index contributed by atoms with van der Waals surface area (Å²) in [6.45, 7) is 10.3. The first-order valence-corrected chi connectivity index (χ1v) is 5.92. The molecule has 0 amide bonds. The van der Waals surface area contributed by atoms with E-state index in [1.54, 1.807) is 0 Å². The summed E-state index contributed by atoms with van der Waals surface area (Å²) in [5, 5.41) is 8.79. The molecule has 0 bridgehead atoms. The Morgan fingerprint density at radius 2 is 1.95 bits per heavy atom. The van der Waals surface area contributed by atoms with Gasteiger partial charge in [-0.15, -0.1) is 0 Å². The van der Waals surface area contributed by atoms with E-state index in [2.05, 4.69) is 23.4 Å². The molecule has 0 fully saturated rings. The van der Waals surface area contributed by atoms with Gasteiger partial charge < -0.3 is 9.84 Å². The maximum atomic E-state index is 10.7. The number of esters is 1. The molecule has 1 unspecified atom stereocenters. The third-order valence-electron chi connectivity index (χ3n) is 1.52. The van der Waals surface area contributed by atoms with E-state index in [-0.39, 0.29) is 19.0 Å². The summed E-state index contributed by atoms with van der Waals surface area (Å²) >= 11 is 0. The molecule has 0 aromatic rings. The van der Waals surface area contributed by atoms with Crippen molar-refractivity contribution in [3.63, 3.8) is 0 Å². The van der Waals surface area contributed by atoms with E-state index in [4.69, 9.17) is 14.7 Å². The monoisotopic (exact) mass is 275 g/mol. The summed E-state index contributed by atoms with van der Waals surface area (Å²) in [6.07, 6.45) is 3.39. The molecule has 0 aliphatic rings. The summed E-state index contributed by atoms with van der Waals surface area (Å²) in [7, 11) is 1.32. The third-order valence-corrected chi connectivity index (χ3v) is 1.52. The highest BCUT2D eigenvalue weighted by molar-refractivity contribution is 5.69. The lowest BCUT2D eigenvalue weighted by molar-refractivity contribution is -0.142. The minimum atomic E-state index is -0.419. The van der Waals surface area contributed by atoms with Gasteiger partial charge in [0.2, 0.25) is 0 Å². The smallest absolute Gasteiger partial charge is 0.305 e. The van der Waals surface area contributed by atoms with Crippen molar-refractivity contribution in [3.8, 4) is 0 Å². The first kappa shape index (κ1) is 22.5. The molecule has 0 heterocycles. The third kappa shape index (κ3) is 22.1. The first-order valence-electron chi connectivity index (χ1n) is 5.92. The predicted octanol–water partition coefficient (Wildman–Crippen LogP) is 1.36. The van der Waals surface area contributed by atoms with Crippen LogP contribution in [0.5, 0.6) is 0 Å². The molecule has 0 radical (unpaired) electrons. The van der Waals surface area contributed by atoms with Gasteiger partial charge in [0.1, 0.15) is 12.4 Å². The fourth-order valence-electron chi connectivity index (χ4n) is 0.713. The van der Waals surface area contributed by atoms with E-state index in [9.17, 15) is 4.79 Å². The number of nitrogens with one attached hydrogen (secondary N) is 1. The Balaban J connectivity index is -0.000000361. The van der Waals surface area contributed by atoms with Gasteiger partial charge in [0.25, 0.3) is 0 Å². The van der Waals surface area contributed by atoms with Crippen LogP contribution < -0.4 is 5.48 Å². The average molecular weight is 275 g/mol. The van der Waals surface area contributed by atoms with Gasteiger partial charge in [0, 0.05) is 12.6 Å². The standard InChI is InChI=1S/C8H15NO4.C3H4O.C2H6/c1-3-9-13-7(6-10)4-5-8(11)12-2;1-2-3-4;1-2/h3,7,9-10H,1,4-6H2,2H3;2-3H,1H2;1-2H3. The SMILES string of the molecule is C=CC=O.C=CNOC(CO)CCC(=O)OC.CC. The predicted molar refractivity (Wildman–Crippen MR) is 74.2 cm³/mol. The van der Waals surface area contributed by atoms with Crippen LogP contribution in [0.3, 0.4) is 0 Å². The Morgan fingerprint density at radius 1 is 1.42 bits per heavy atom. The van der Waals surface area contributed by atoms with Gasteiger partial charge in [0.15, 0.2) is 0 Å². The summed E-state index contributed by atoms with van der Waals surface area (Å²) < 4.78 is 4.43. The molecule has 19 heavy (non-hydrogen) atoms. The number of aldehydes is 1. The van der Waals surface area contributed by atoms with Gasteiger partial charge in [-0.1, -0.05) is 27.0 Å². The number of hydrogen-bond donors (Lipinski definition) is 2. The van der Waals surface area contributed by atoms with Crippen LogP contribution in [0.15, 0.2) is 25.4 Å². The van der Waals surface area contributed by atoms with Crippen LogP contribution in [-0.2, 0) is 19.2 Å². The number of carbonyl (C=O) groups is 2. The topological polar surface area (TPSA) is 84.9 Å². The fraction of sp³-hybridized carbons (Fsp3) is 0.538. The van der Waals surface area contributed by atoms with Crippen molar-refractivity contribution in [2.75, 3.05) is 13.7 Å². The number of aliphatic hydroxyl groups is 1. The van der Waals surface area contributed by atoms with Crippen molar-refractivity contribution in [1.82, 2.24) is 5.48 Å². The highest BCUT2D eigenvalue weighted by Crippen LogP contribution is 2.01. The number of hydrogen-bond acceptors (Lipinski definition) is 6. The van der Waals surface area contributed by atoms with Gasteiger partial charge in [-0.05, 0) is 12.5 Å². The van der Waals surface area contributed by atoms with Crippen molar-refractivity contribution >= 4 is 12.3 Å². The van der Waals surface area contributed by atoms with Gasteiger partial charge in [0.05, 0.1) is 13.7 Å². The van der Waals surface area contributed by atoms with Crippen molar-refractivity contribution in [2.45, 2.75) is 32.8 Å². The van der Waals surface area contributed by atoms with Crippen LogP contribution in [0.25, 0.3) is 0 Å². The van der Waals surface area contributed by atoms with E-state index < -0.39 is 6.10 Å². The second kappa shape index (κ2) is 21.6. The van der Waals surface area contributed by atoms with Crippen LogP contribution in [0, 0.1) is 0 Å². The minimum Gasteiger partial charge on any atom is -0.469 e. The lowest BCUT2D eigenvalue weighted by Crippen LogP contribution is -2.24. The lowest BCUT2D eigenvalue weighted by Gasteiger charge is -2.12. The van der Waals surface area contributed by atoms with E-state index >= 15 is 0 Å². The molecule has 0 aliphatic heterocycles. The Hall–Kier alpha value is -1.66. The first-order chi connectivity index (χ1) is 9.15. The molecule has 6 nitrogen and oxygen atoms in total. The van der Waals surface area contributed by atoms with Crippen LogP contribution >= 0.6 is 0 Å². The van der Waals surface area contributed by atoms with E-state index in [1.807, 2.05) is 13.8 Å². The second-order valence-electron chi connectivity index (χ2n) is 2.73. The fourth-order valence-corrected chi connectivity index (χ4v) is 0.713. The van der Waals surface area contributed by atoms with Crippen molar-refractivity contribution < 1.29 is 24.3 Å². The van der Waals surface area contributed by atoms with E-state index in [0.717, 1.165) is 0 Å². The minimum absolute atomic E-state index is 0.155. The quantitative estimate of drug-likeness (QED) is 0.301. The van der Waals surface area contributed by atoms with E-state index in [0.29, 0.717) is 12.7 Å². The van der Waals surface area contributed by atoms with Gasteiger partial charge in [-0.2, -0.15) is 0 Å². The molecule has 0 spiro atoms. The highest BCUT2D eigenvalue weighted by Gasteiger charge is 2.10. The Morgan fingerprint density at radius 3 is 2.26 bits per heavy atom. The number of rotatable bonds is 8. The zero-order chi connectivity index (χ0) is 15.5. The number of aliphatic hydroxyl groups excluding tert-OH is 1. The molecule has 0 aromatic heterocycles. The lowest BCUT2D eigenvalue weighted by atomic mass is 10.2. The summed E-state index contributed by atoms with van der Waals surface area (Å²) in [6, 6.07) is 0. The number of methoxy groups -OCH3 is 1. The Kier molecular flexibility index (Phi) is 25.6. The molecular weight excluding hydrogens is 250 g/mol. The van der Waals surface area contributed by atoms with Crippen LogP contribution in [0.2, 0.25) is 0 Å². The molecular formula is C13H25NO5. The van der Waals surface area contributed by atoms with Crippen molar-refractivity contribution in [2.24, 2.45) is 0 Å². The molecule has 0 saturated heterocycles. The number of carbonyl (C=O) groups excluding carboxylic acids is 2. The largest absolute Gasteiger partial charge is 0.469 e. The Bertz CT molecular complexity index is 225. The maximum Gasteiger partial charge on any atom is 0.305 e. The molecule has 0 rings (SSSR count). The molecule has 6 heteroatoms. The Labute approximate surface area is 115 Å². The summed E-state index contributed by atoms with van der Waals surface area (Å²) in [5.74, 6) is -0.319. The van der Waals surface area contributed by atoms with Crippen LogP contribution in [-0.4, -0.2) is 37.2 Å². The second-order valence-corrected chi connectivity index (χ2v) is 2.73. The maximum absolute atomic E-state index is 10.7. The average Bonchev–Trinajstić information content (AvgIpc) is 2.49. The normalized spacial score (nSPS) is 9.47. The molecule has 0 saturated carbocycles. The summed E-state index contributed by atoms with van der Waals surface area (Å²) in [4.78, 5) is 24.7. The van der Waals surface area contributed by atoms with Crippen LogP contribution in [0.4, 0.5) is 0 Å². The van der Waals surface area contributed by atoms with Crippen molar-refractivity contribution in [1.29, 1.82) is 0 Å². The molecule has 2 N–H and O–H groups in total. The van der Waals surface area contributed by atoms with Gasteiger partial charge in [-0.3, -0.25) is 19.9 Å². The molecule has 1 atom stereocenters. The van der Waals surface area contributed by atoms with Gasteiger partial charge >= 0.3 is 5.97 Å². The molecule has 0 aliphatic carbocycles. The zero-order valence-electron chi connectivity index (χ0n) is 11.9. The van der Waals surface area contributed by atoms with E-state index in [1.165, 1.54) is 19.4 Å². The highest BCUT2D eigenvalue weighted by atomic mass is 16.7. The summed E-state index contributed by atoms with van der Waals surface area (Å²) in [5.41, 5.74) is 2.39. The van der Waals surface area contributed by atoms with Gasteiger partial charge in [-0.25, -0.2) is 0 Å².